The van der Waals surface area contributed by atoms with Crippen molar-refractivity contribution in [3.8, 4) is 11.3 Å². The fraction of sp³-hybridized carbons (Fsp3) is 0.438. The van der Waals surface area contributed by atoms with Gasteiger partial charge in [-0.05, 0) is 51.2 Å². The Kier molecular flexibility index (Phi) is 2.85. The Bertz CT molecular complexity index is 606. The third-order valence-corrected chi connectivity index (χ3v) is 3.85. The van der Waals surface area contributed by atoms with Crippen LogP contribution in [0.1, 0.15) is 50.0 Å². The van der Waals surface area contributed by atoms with Crippen molar-refractivity contribution >= 4 is 5.82 Å². The lowest BCUT2D eigenvalue weighted by molar-refractivity contribution is 0.590. The number of rotatable bonds is 3. The average Bonchev–Trinajstić information content (AvgIpc) is 3.16. The summed E-state index contributed by atoms with van der Waals surface area (Å²) in [6, 6.07) is 9.03. The van der Waals surface area contributed by atoms with Crippen LogP contribution in [0.25, 0.3) is 11.3 Å². The molecule has 1 aromatic heterocycles. The average molecular weight is 255 g/mol. The SMILES string of the molecule is Cc1nc(-c2cccc(C3CC3)c2)c(N)n1C(C)C. The van der Waals surface area contributed by atoms with Crippen LogP contribution >= 0.6 is 0 Å². The van der Waals surface area contributed by atoms with E-state index in [9.17, 15) is 0 Å². The molecule has 1 fully saturated rings. The summed E-state index contributed by atoms with van der Waals surface area (Å²) in [6.07, 6.45) is 2.64. The summed E-state index contributed by atoms with van der Waals surface area (Å²) < 4.78 is 2.10. The van der Waals surface area contributed by atoms with Gasteiger partial charge < -0.3 is 10.3 Å². The van der Waals surface area contributed by atoms with E-state index in [1.807, 2.05) is 6.92 Å². The summed E-state index contributed by atoms with van der Waals surface area (Å²) >= 11 is 0. The smallest absolute Gasteiger partial charge is 0.131 e. The first-order valence-electron chi connectivity index (χ1n) is 7.02. The number of hydrogen-bond acceptors (Lipinski definition) is 2. The van der Waals surface area contributed by atoms with Crippen molar-refractivity contribution in [3.63, 3.8) is 0 Å². The third-order valence-electron chi connectivity index (χ3n) is 3.85. The summed E-state index contributed by atoms with van der Waals surface area (Å²) in [7, 11) is 0. The van der Waals surface area contributed by atoms with Crippen molar-refractivity contribution in [2.24, 2.45) is 0 Å². The summed E-state index contributed by atoms with van der Waals surface area (Å²) in [5.74, 6) is 2.52. The number of nitrogens with zero attached hydrogens (tertiary/aromatic N) is 2. The fourth-order valence-electron chi connectivity index (χ4n) is 2.78. The van der Waals surface area contributed by atoms with Gasteiger partial charge in [0.1, 0.15) is 17.3 Å². The van der Waals surface area contributed by atoms with Crippen LogP contribution in [0.15, 0.2) is 24.3 Å². The van der Waals surface area contributed by atoms with Crippen molar-refractivity contribution < 1.29 is 0 Å². The second kappa shape index (κ2) is 4.41. The number of hydrogen-bond donors (Lipinski definition) is 1. The Morgan fingerprint density at radius 2 is 2.05 bits per heavy atom. The number of aryl methyl sites for hydroxylation is 1. The van der Waals surface area contributed by atoms with Gasteiger partial charge in [0.2, 0.25) is 0 Å². The van der Waals surface area contributed by atoms with Gasteiger partial charge in [-0.3, -0.25) is 0 Å². The zero-order chi connectivity index (χ0) is 13.6. The molecule has 3 heteroatoms. The molecule has 100 valence electrons. The number of nitrogen functional groups attached to an aromatic ring is 1. The molecule has 0 aliphatic heterocycles. The van der Waals surface area contributed by atoms with Crippen molar-refractivity contribution in [3.05, 3.63) is 35.7 Å². The van der Waals surface area contributed by atoms with Crippen molar-refractivity contribution in [1.29, 1.82) is 0 Å². The molecule has 3 rings (SSSR count). The van der Waals surface area contributed by atoms with Gasteiger partial charge in [-0.2, -0.15) is 0 Å². The summed E-state index contributed by atoms with van der Waals surface area (Å²) in [5.41, 5.74) is 9.77. The molecule has 2 N–H and O–H groups in total. The van der Waals surface area contributed by atoms with E-state index in [1.54, 1.807) is 0 Å². The second-order valence-corrected chi connectivity index (χ2v) is 5.76. The van der Waals surface area contributed by atoms with Crippen LogP contribution in [0, 0.1) is 6.92 Å². The van der Waals surface area contributed by atoms with Gasteiger partial charge in [0.15, 0.2) is 0 Å². The predicted octanol–water partition coefficient (Wildman–Crippen LogP) is 3.90. The highest BCUT2D eigenvalue weighted by Crippen LogP contribution is 2.41. The van der Waals surface area contributed by atoms with E-state index in [1.165, 1.54) is 18.4 Å². The molecule has 1 aromatic carbocycles. The van der Waals surface area contributed by atoms with E-state index in [0.29, 0.717) is 6.04 Å². The molecule has 1 aliphatic rings. The van der Waals surface area contributed by atoms with Crippen LogP contribution in [0.4, 0.5) is 5.82 Å². The van der Waals surface area contributed by atoms with Gasteiger partial charge in [-0.1, -0.05) is 18.2 Å². The summed E-state index contributed by atoms with van der Waals surface area (Å²) in [4.78, 5) is 4.66. The van der Waals surface area contributed by atoms with Crippen molar-refractivity contribution in [2.45, 2.75) is 45.6 Å². The largest absolute Gasteiger partial charge is 0.383 e. The molecular weight excluding hydrogens is 234 g/mol. The number of nitrogens with two attached hydrogens (primary N) is 1. The Hall–Kier alpha value is -1.77. The zero-order valence-electron chi connectivity index (χ0n) is 11.9. The van der Waals surface area contributed by atoms with E-state index >= 15 is 0 Å². The lowest BCUT2D eigenvalue weighted by Crippen LogP contribution is -2.07. The van der Waals surface area contributed by atoms with Gasteiger partial charge in [-0.15, -0.1) is 0 Å². The molecule has 19 heavy (non-hydrogen) atoms. The molecule has 1 saturated carbocycles. The lowest BCUT2D eigenvalue weighted by Gasteiger charge is -2.11. The highest BCUT2D eigenvalue weighted by Gasteiger charge is 2.24. The van der Waals surface area contributed by atoms with Crippen LogP contribution in [0.2, 0.25) is 0 Å². The molecule has 0 unspecified atom stereocenters. The molecule has 0 spiro atoms. The molecule has 0 radical (unpaired) electrons. The van der Waals surface area contributed by atoms with Crippen LogP contribution in [-0.2, 0) is 0 Å². The predicted molar refractivity (Wildman–Crippen MR) is 79.2 cm³/mol. The summed E-state index contributed by atoms with van der Waals surface area (Å²) in [5, 5.41) is 0. The minimum absolute atomic E-state index is 0.341. The van der Waals surface area contributed by atoms with Gasteiger partial charge in [0.05, 0.1) is 0 Å². The maximum Gasteiger partial charge on any atom is 0.131 e. The van der Waals surface area contributed by atoms with E-state index in [4.69, 9.17) is 5.73 Å². The summed E-state index contributed by atoms with van der Waals surface area (Å²) in [6.45, 7) is 6.29. The first kappa shape index (κ1) is 12.3. The first-order chi connectivity index (χ1) is 9.08. The number of benzene rings is 1. The van der Waals surface area contributed by atoms with Crippen LogP contribution in [-0.4, -0.2) is 9.55 Å². The molecule has 0 bridgehead atoms. The van der Waals surface area contributed by atoms with E-state index < -0.39 is 0 Å². The Morgan fingerprint density at radius 3 is 2.63 bits per heavy atom. The quantitative estimate of drug-likeness (QED) is 0.904. The number of aromatic nitrogens is 2. The Labute approximate surface area is 114 Å². The maximum atomic E-state index is 6.28. The highest BCUT2D eigenvalue weighted by molar-refractivity contribution is 5.71. The molecule has 0 atom stereocenters. The first-order valence-corrected chi connectivity index (χ1v) is 7.02. The van der Waals surface area contributed by atoms with Crippen molar-refractivity contribution in [2.75, 3.05) is 5.73 Å². The molecule has 1 aliphatic carbocycles. The van der Waals surface area contributed by atoms with Crippen molar-refractivity contribution in [1.82, 2.24) is 9.55 Å². The zero-order valence-corrected chi connectivity index (χ0v) is 11.9. The number of imidazole rings is 1. The monoisotopic (exact) mass is 255 g/mol. The minimum Gasteiger partial charge on any atom is -0.383 e. The molecule has 0 saturated heterocycles. The minimum atomic E-state index is 0.341. The second-order valence-electron chi connectivity index (χ2n) is 5.76. The van der Waals surface area contributed by atoms with E-state index in [-0.39, 0.29) is 0 Å². The Morgan fingerprint density at radius 1 is 1.32 bits per heavy atom. The molecule has 3 nitrogen and oxygen atoms in total. The van der Waals surface area contributed by atoms with E-state index in [2.05, 4.69) is 47.7 Å². The standard InChI is InChI=1S/C16H21N3/c1-10(2)19-11(3)18-15(16(19)17)14-6-4-5-13(9-14)12-7-8-12/h4-6,9-10,12H,7-8,17H2,1-3H3. The van der Waals surface area contributed by atoms with Gasteiger partial charge in [0.25, 0.3) is 0 Å². The van der Waals surface area contributed by atoms with Gasteiger partial charge in [0, 0.05) is 11.6 Å². The Balaban J connectivity index is 2.06. The molecule has 0 amide bonds. The fourth-order valence-corrected chi connectivity index (χ4v) is 2.78. The van der Waals surface area contributed by atoms with Gasteiger partial charge >= 0.3 is 0 Å². The molecule has 1 heterocycles. The normalized spacial score (nSPS) is 15.2. The van der Waals surface area contributed by atoms with Crippen LogP contribution in [0.5, 0.6) is 0 Å². The number of anilines is 1. The maximum absolute atomic E-state index is 6.28. The molecule has 2 aromatic rings. The van der Waals surface area contributed by atoms with Crippen LogP contribution in [0.3, 0.4) is 0 Å². The van der Waals surface area contributed by atoms with Gasteiger partial charge in [-0.25, -0.2) is 4.98 Å². The molecular formula is C16H21N3. The third kappa shape index (κ3) is 2.14. The lowest BCUT2D eigenvalue weighted by atomic mass is 10.1. The highest BCUT2D eigenvalue weighted by atomic mass is 15.2. The van der Waals surface area contributed by atoms with E-state index in [0.717, 1.165) is 28.8 Å². The topological polar surface area (TPSA) is 43.8 Å². The van der Waals surface area contributed by atoms with Crippen LogP contribution < -0.4 is 5.73 Å².